The minimum absolute atomic E-state index is 0. The summed E-state index contributed by atoms with van der Waals surface area (Å²) in [5.41, 5.74) is 1.90. The highest BCUT2D eigenvalue weighted by Gasteiger charge is 2.24. The third-order valence-electron chi connectivity index (χ3n) is 4.37. The van der Waals surface area contributed by atoms with Crippen LogP contribution in [0.1, 0.15) is 26.3 Å². The van der Waals surface area contributed by atoms with Crippen molar-refractivity contribution in [1.82, 2.24) is 14.9 Å². The Morgan fingerprint density at radius 1 is 1.21 bits per heavy atom. The van der Waals surface area contributed by atoms with Gasteiger partial charge in [0.2, 0.25) is 10.0 Å². The van der Waals surface area contributed by atoms with Crippen molar-refractivity contribution in [3.63, 3.8) is 0 Å². The van der Waals surface area contributed by atoms with E-state index in [2.05, 4.69) is 51.0 Å². The van der Waals surface area contributed by atoms with E-state index in [-0.39, 0.29) is 24.0 Å². The summed E-state index contributed by atoms with van der Waals surface area (Å²) in [7, 11) is -3.27. The number of hydrogen-bond donors (Lipinski definition) is 2. The number of piperazine rings is 1. The number of sulfonamides is 1. The lowest BCUT2D eigenvalue weighted by Gasteiger charge is -2.38. The molecule has 0 saturated carbocycles. The lowest BCUT2D eigenvalue weighted by molar-refractivity contribution is 0.369. The Morgan fingerprint density at radius 2 is 1.86 bits per heavy atom. The summed E-state index contributed by atoms with van der Waals surface area (Å²) in [6.07, 6.45) is 1.17. The third-order valence-corrected chi connectivity index (χ3v) is 5.29. The zero-order valence-electron chi connectivity index (χ0n) is 17.5. The molecule has 1 aliphatic heterocycles. The van der Waals surface area contributed by atoms with Gasteiger partial charge >= 0.3 is 0 Å². The molecule has 1 saturated heterocycles. The molecule has 0 amide bonds. The molecule has 0 unspecified atom stereocenters. The van der Waals surface area contributed by atoms with E-state index in [1.807, 2.05) is 20.8 Å². The molecule has 1 aliphatic rings. The number of aliphatic imine (C=N–C) groups is 1. The van der Waals surface area contributed by atoms with Crippen LogP contribution in [-0.2, 0) is 10.0 Å². The zero-order valence-corrected chi connectivity index (χ0v) is 20.7. The van der Waals surface area contributed by atoms with Gasteiger partial charge in [0.1, 0.15) is 0 Å². The molecular weight excluding hydrogens is 489 g/mol. The van der Waals surface area contributed by atoms with Crippen molar-refractivity contribution in [3.05, 3.63) is 29.8 Å². The van der Waals surface area contributed by atoms with E-state index in [1.165, 1.54) is 17.5 Å². The maximum atomic E-state index is 11.5. The number of nitrogens with zero attached hydrogens (tertiary/aromatic N) is 3. The standard InChI is InChI=1S/C19H33N5O2S.HI/c1-6-20-18(21-15-19(3,4)22-27(5,25)26)24-12-10-23(11-13-24)17-9-7-8-16(2)14-17;/h7-9,14,22H,6,10-13,15H2,1-5H3,(H,20,21);1H. The first-order valence-corrected chi connectivity index (χ1v) is 11.3. The van der Waals surface area contributed by atoms with E-state index in [4.69, 9.17) is 4.99 Å². The molecule has 1 aromatic rings. The van der Waals surface area contributed by atoms with Crippen molar-refractivity contribution in [2.24, 2.45) is 4.99 Å². The predicted molar refractivity (Wildman–Crippen MR) is 128 cm³/mol. The highest BCUT2D eigenvalue weighted by atomic mass is 127. The Bertz CT molecular complexity index is 759. The molecule has 0 spiro atoms. The number of benzene rings is 1. The van der Waals surface area contributed by atoms with Crippen molar-refractivity contribution in [3.8, 4) is 0 Å². The van der Waals surface area contributed by atoms with Crippen molar-refractivity contribution in [2.45, 2.75) is 33.2 Å². The van der Waals surface area contributed by atoms with Crippen LogP contribution < -0.4 is 14.9 Å². The van der Waals surface area contributed by atoms with Gasteiger partial charge in [0.05, 0.1) is 12.8 Å². The maximum Gasteiger partial charge on any atom is 0.209 e. The molecule has 0 aromatic heterocycles. The quantitative estimate of drug-likeness (QED) is 0.339. The van der Waals surface area contributed by atoms with E-state index in [1.54, 1.807) is 0 Å². The topological polar surface area (TPSA) is 77.0 Å². The van der Waals surface area contributed by atoms with E-state index in [9.17, 15) is 8.42 Å². The fourth-order valence-electron chi connectivity index (χ4n) is 3.23. The molecule has 1 heterocycles. The van der Waals surface area contributed by atoms with Crippen LogP contribution in [0.25, 0.3) is 0 Å². The maximum absolute atomic E-state index is 11.5. The average molecular weight is 523 g/mol. The Balaban J connectivity index is 0.00000392. The number of hydrogen-bond acceptors (Lipinski definition) is 4. The van der Waals surface area contributed by atoms with Gasteiger partial charge in [-0.25, -0.2) is 13.1 Å². The molecule has 7 nitrogen and oxygen atoms in total. The fraction of sp³-hybridized carbons (Fsp3) is 0.632. The first-order valence-electron chi connectivity index (χ1n) is 9.43. The normalized spacial score (nSPS) is 16.0. The van der Waals surface area contributed by atoms with E-state index >= 15 is 0 Å². The molecular formula is C19H34IN5O2S. The number of nitrogens with one attached hydrogen (secondary N) is 2. The minimum atomic E-state index is -3.27. The largest absolute Gasteiger partial charge is 0.368 e. The molecule has 9 heteroatoms. The molecule has 0 atom stereocenters. The lowest BCUT2D eigenvalue weighted by Crippen LogP contribution is -2.53. The SMILES string of the molecule is CCNC(=NCC(C)(C)NS(C)(=O)=O)N1CCN(c2cccc(C)c2)CC1.I. The van der Waals surface area contributed by atoms with Crippen LogP contribution in [0, 0.1) is 6.92 Å². The van der Waals surface area contributed by atoms with Gasteiger partial charge in [0, 0.05) is 44.0 Å². The Hall–Kier alpha value is -1.07. The molecule has 2 rings (SSSR count). The summed E-state index contributed by atoms with van der Waals surface area (Å²) in [5, 5.41) is 3.33. The second-order valence-corrected chi connectivity index (χ2v) is 9.49. The van der Waals surface area contributed by atoms with Crippen molar-refractivity contribution < 1.29 is 8.42 Å². The summed E-state index contributed by atoms with van der Waals surface area (Å²) < 4.78 is 25.7. The van der Waals surface area contributed by atoms with E-state index in [0.29, 0.717) is 6.54 Å². The lowest BCUT2D eigenvalue weighted by atomic mass is 10.1. The van der Waals surface area contributed by atoms with Crippen LogP contribution in [0.2, 0.25) is 0 Å². The van der Waals surface area contributed by atoms with Crippen LogP contribution in [-0.4, -0.2) is 70.3 Å². The highest BCUT2D eigenvalue weighted by molar-refractivity contribution is 14.0. The molecule has 28 heavy (non-hydrogen) atoms. The van der Waals surface area contributed by atoms with Crippen LogP contribution >= 0.6 is 24.0 Å². The van der Waals surface area contributed by atoms with Crippen molar-refractivity contribution >= 4 is 45.6 Å². The Kier molecular flexibility index (Phi) is 9.48. The van der Waals surface area contributed by atoms with Crippen LogP contribution in [0.5, 0.6) is 0 Å². The summed E-state index contributed by atoms with van der Waals surface area (Å²) in [6, 6.07) is 8.58. The van der Waals surface area contributed by atoms with Gasteiger partial charge in [0.15, 0.2) is 5.96 Å². The van der Waals surface area contributed by atoms with Gasteiger partial charge in [-0.05, 0) is 45.4 Å². The van der Waals surface area contributed by atoms with Gasteiger partial charge in [-0.2, -0.15) is 0 Å². The number of aryl methyl sites for hydroxylation is 1. The predicted octanol–water partition coefficient (Wildman–Crippen LogP) is 2.03. The average Bonchev–Trinajstić information content (AvgIpc) is 2.57. The van der Waals surface area contributed by atoms with Gasteiger partial charge in [-0.15, -0.1) is 24.0 Å². The highest BCUT2D eigenvalue weighted by Crippen LogP contribution is 2.18. The number of halogens is 1. The molecule has 160 valence electrons. The smallest absolute Gasteiger partial charge is 0.209 e. The molecule has 1 fully saturated rings. The van der Waals surface area contributed by atoms with Crippen molar-refractivity contribution in [1.29, 1.82) is 0 Å². The number of guanidine groups is 1. The van der Waals surface area contributed by atoms with Crippen LogP contribution in [0.3, 0.4) is 0 Å². The van der Waals surface area contributed by atoms with E-state index in [0.717, 1.165) is 38.7 Å². The Labute approximate surface area is 187 Å². The second-order valence-electron chi connectivity index (χ2n) is 7.74. The molecule has 2 N–H and O–H groups in total. The zero-order chi connectivity index (χ0) is 20.1. The molecule has 0 radical (unpaired) electrons. The monoisotopic (exact) mass is 523 g/mol. The van der Waals surface area contributed by atoms with E-state index < -0.39 is 15.6 Å². The van der Waals surface area contributed by atoms with Crippen LogP contribution in [0.15, 0.2) is 29.3 Å². The minimum Gasteiger partial charge on any atom is -0.368 e. The van der Waals surface area contributed by atoms with Gasteiger partial charge in [-0.3, -0.25) is 4.99 Å². The summed E-state index contributed by atoms with van der Waals surface area (Å²) in [6.45, 7) is 12.6. The summed E-state index contributed by atoms with van der Waals surface area (Å²) in [5.74, 6) is 0.838. The second kappa shape index (κ2) is 10.6. The first kappa shape index (κ1) is 25.0. The third kappa shape index (κ3) is 8.12. The van der Waals surface area contributed by atoms with Crippen molar-refractivity contribution in [2.75, 3.05) is 50.4 Å². The first-order chi connectivity index (χ1) is 12.6. The van der Waals surface area contributed by atoms with Gasteiger partial charge in [0.25, 0.3) is 0 Å². The number of rotatable bonds is 6. The Morgan fingerprint density at radius 3 is 2.39 bits per heavy atom. The molecule has 0 bridgehead atoms. The van der Waals surface area contributed by atoms with Gasteiger partial charge < -0.3 is 15.1 Å². The molecule has 0 aliphatic carbocycles. The van der Waals surface area contributed by atoms with Gasteiger partial charge in [-0.1, -0.05) is 12.1 Å². The summed E-state index contributed by atoms with van der Waals surface area (Å²) >= 11 is 0. The molecule has 1 aromatic carbocycles. The number of anilines is 1. The fourth-order valence-corrected chi connectivity index (χ4v) is 4.30. The van der Waals surface area contributed by atoms with Crippen LogP contribution in [0.4, 0.5) is 5.69 Å². The summed E-state index contributed by atoms with van der Waals surface area (Å²) in [4.78, 5) is 9.32.